The number of hydrogen-bond donors (Lipinski definition) is 1. The zero-order valence-electron chi connectivity index (χ0n) is 13.3. The van der Waals surface area contributed by atoms with Crippen LogP contribution >= 0.6 is 11.3 Å². The van der Waals surface area contributed by atoms with Crippen LogP contribution in [0.2, 0.25) is 0 Å². The Morgan fingerprint density at radius 3 is 2.96 bits per heavy atom. The first kappa shape index (κ1) is 16.1. The van der Waals surface area contributed by atoms with Crippen molar-refractivity contribution in [2.45, 2.75) is 45.6 Å². The molecule has 0 aliphatic carbocycles. The highest BCUT2D eigenvalue weighted by molar-refractivity contribution is 7.11. The molecule has 124 valence electrons. The Morgan fingerprint density at radius 2 is 2.26 bits per heavy atom. The first-order valence-electron chi connectivity index (χ1n) is 7.75. The lowest BCUT2D eigenvalue weighted by molar-refractivity contribution is -0.120. The molecule has 0 unspecified atom stereocenters. The fraction of sp³-hybridized carbons (Fsp3) is 0.600. The smallest absolute Gasteiger partial charge is 0.255 e. The molecule has 1 fully saturated rings. The summed E-state index contributed by atoms with van der Waals surface area (Å²) < 4.78 is 10.7. The van der Waals surface area contributed by atoms with Crippen LogP contribution in [0, 0.1) is 13.8 Å². The Morgan fingerprint density at radius 1 is 1.39 bits per heavy atom. The van der Waals surface area contributed by atoms with E-state index in [-0.39, 0.29) is 12.0 Å². The number of nitrogens with one attached hydrogen (secondary N) is 1. The molecule has 0 spiro atoms. The highest BCUT2D eigenvalue weighted by Crippen LogP contribution is 2.26. The summed E-state index contributed by atoms with van der Waals surface area (Å²) in [4.78, 5) is 21.7. The van der Waals surface area contributed by atoms with Gasteiger partial charge in [-0.1, -0.05) is 5.16 Å². The number of amides is 1. The Labute approximate surface area is 138 Å². The molecule has 1 atom stereocenters. The van der Waals surface area contributed by atoms with Crippen LogP contribution in [0.4, 0.5) is 0 Å². The number of carbonyl (C=O) groups excluding carboxylic acids is 1. The van der Waals surface area contributed by atoms with Crippen molar-refractivity contribution in [2.75, 3.05) is 13.2 Å². The largest absolute Gasteiger partial charge is 0.368 e. The quantitative estimate of drug-likeness (QED) is 0.866. The minimum Gasteiger partial charge on any atom is -0.368 e. The third-order valence-corrected chi connectivity index (χ3v) is 4.62. The third-order valence-electron chi connectivity index (χ3n) is 3.69. The monoisotopic (exact) mass is 336 g/mol. The van der Waals surface area contributed by atoms with Gasteiger partial charge in [-0.2, -0.15) is 4.98 Å². The number of hydrogen-bond acceptors (Lipinski definition) is 7. The average Bonchev–Trinajstić information content (AvgIpc) is 3.21. The molecular weight excluding hydrogens is 316 g/mol. The predicted molar refractivity (Wildman–Crippen MR) is 84.2 cm³/mol. The second-order valence-corrected chi connectivity index (χ2v) is 6.97. The lowest BCUT2D eigenvalue weighted by atomic mass is 10.2. The van der Waals surface area contributed by atoms with E-state index in [1.165, 1.54) is 0 Å². The number of carbonyl (C=O) groups is 1. The first-order valence-corrected chi connectivity index (χ1v) is 8.57. The molecule has 2 aromatic rings. The number of ether oxygens (including phenoxy) is 1. The summed E-state index contributed by atoms with van der Waals surface area (Å²) in [5, 5.41) is 7.78. The van der Waals surface area contributed by atoms with Gasteiger partial charge in [0.1, 0.15) is 6.10 Å². The van der Waals surface area contributed by atoms with Crippen molar-refractivity contribution in [3.05, 3.63) is 27.3 Å². The van der Waals surface area contributed by atoms with Crippen LogP contribution in [0.15, 0.2) is 4.52 Å². The van der Waals surface area contributed by atoms with Crippen molar-refractivity contribution in [1.29, 1.82) is 0 Å². The molecule has 0 saturated carbocycles. The predicted octanol–water partition coefficient (Wildman–Crippen LogP) is 1.90. The average molecular weight is 336 g/mol. The number of nitrogens with zero attached hydrogens (tertiary/aromatic N) is 3. The molecule has 8 heteroatoms. The van der Waals surface area contributed by atoms with Crippen LogP contribution < -0.4 is 5.32 Å². The topological polar surface area (TPSA) is 90.1 Å². The van der Waals surface area contributed by atoms with Crippen LogP contribution in [0.5, 0.6) is 0 Å². The van der Waals surface area contributed by atoms with Crippen molar-refractivity contribution >= 4 is 17.2 Å². The molecular formula is C15H20N4O3S. The van der Waals surface area contributed by atoms with Gasteiger partial charge in [-0.05, 0) is 26.7 Å². The number of thiazole rings is 1. The zero-order chi connectivity index (χ0) is 16.2. The molecule has 1 N–H and O–H groups in total. The molecule has 2 aromatic heterocycles. The zero-order valence-corrected chi connectivity index (χ0v) is 14.1. The first-order chi connectivity index (χ1) is 11.1. The number of rotatable bonds is 6. The summed E-state index contributed by atoms with van der Waals surface area (Å²) in [7, 11) is 0. The van der Waals surface area contributed by atoms with Crippen LogP contribution in [0.25, 0.3) is 0 Å². The van der Waals surface area contributed by atoms with Gasteiger partial charge in [0.2, 0.25) is 5.91 Å². The van der Waals surface area contributed by atoms with E-state index in [2.05, 4.69) is 20.4 Å². The van der Waals surface area contributed by atoms with E-state index in [9.17, 15) is 4.79 Å². The molecule has 0 radical (unpaired) electrons. The molecule has 1 saturated heterocycles. The maximum absolute atomic E-state index is 11.9. The maximum Gasteiger partial charge on any atom is 0.255 e. The summed E-state index contributed by atoms with van der Waals surface area (Å²) in [5.41, 5.74) is 0.852. The molecule has 23 heavy (non-hydrogen) atoms. The Bertz CT molecular complexity index is 676. The minimum atomic E-state index is -0.0679. The molecule has 7 nitrogen and oxygen atoms in total. The van der Waals surface area contributed by atoms with E-state index in [1.54, 1.807) is 11.3 Å². The molecule has 1 amide bonds. The number of aryl methyl sites for hydroxylation is 2. The molecule has 0 aromatic carbocycles. The fourth-order valence-corrected chi connectivity index (χ4v) is 3.37. The normalized spacial score (nSPS) is 17.6. The summed E-state index contributed by atoms with van der Waals surface area (Å²) in [6.07, 6.45) is 2.72. The van der Waals surface area contributed by atoms with E-state index >= 15 is 0 Å². The maximum atomic E-state index is 11.9. The van der Waals surface area contributed by atoms with Crippen LogP contribution in [-0.4, -0.2) is 34.2 Å². The molecule has 0 bridgehead atoms. The minimum absolute atomic E-state index is 0.0405. The molecule has 3 rings (SSSR count). The van der Waals surface area contributed by atoms with Gasteiger partial charge in [0.25, 0.3) is 5.89 Å². The summed E-state index contributed by atoms with van der Waals surface area (Å²) in [6.45, 7) is 5.15. The van der Waals surface area contributed by atoms with E-state index in [0.717, 1.165) is 35.0 Å². The van der Waals surface area contributed by atoms with Crippen molar-refractivity contribution in [3.8, 4) is 0 Å². The Kier molecular flexibility index (Phi) is 5.02. The summed E-state index contributed by atoms with van der Waals surface area (Å²) in [5.74, 6) is 1.09. The highest BCUT2D eigenvalue weighted by atomic mass is 32.1. The van der Waals surface area contributed by atoms with Crippen LogP contribution in [-0.2, 0) is 22.4 Å². The number of aromatic nitrogens is 3. The van der Waals surface area contributed by atoms with E-state index in [4.69, 9.17) is 9.26 Å². The van der Waals surface area contributed by atoms with Crippen LogP contribution in [0.3, 0.4) is 0 Å². The molecule has 1 aliphatic rings. The van der Waals surface area contributed by atoms with Gasteiger partial charge >= 0.3 is 0 Å². The highest BCUT2D eigenvalue weighted by Gasteiger charge is 2.23. The van der Waals surface area contributed by atoms with Crippen molar-refractivity contribution in [1.82, 2.24) is 20.4 Å². The standard InChI is InChI=1S/C15H20N4O3S/c1-9-11(17-10(2)23-9)8-14(20)16-6-5-13-18-15(22-19-13)12-4-3-7-21-12/h12H,3-8H2,1-2H3,(H,16,20)/t12-/m0/s1. The van der Waals surface area contributed by atoms with Gasteiger partial charge in [0, 0.05) is 24.4 Å². The summed E-state index contributed by atoms with van der Waals surface area (Å²) >= 11 is 1.61. The Hall–Kier alpha value is -1.80. The SMILES string of the molecule is Cc1nc(CC(=O)NCCc2noc([C@@H]3CCCO3)n2)c(C)s1. The van der Waals surface area contributed by atoms with Gasteiger partial charge < -0.3 is 14.6 Å². The van der Waals surface area contributed by atoms with Gasteiger partial charge in [-0.25, -0.2) is 4.98 Å². The lowest BCUT2D eigenvalue weighted by Crippen LogP contribution is -2.27. The molecule has 3 heterocycles. The van der Waals surface area contributed by atoms with Gasteiger partial charge in [-0.15, -0.1) is 11.3 Å². The van der Waals surface area contributed by atoms with E-state index < -0.39 is 0 Å². The summed E-state index contributed by atoms with van der Waals surface area (Å²) in [6, 6.07) is 0. The van der Waals surface area contributed by atoms with E-state index in [1.807, 2.05) is 13.8 Å². The second-order valence-electron chi connectivity index (χ2n) is 5.56. The van der Waals surface area contributed by atoms with E-state index in [0.29, 0.717) is 31.1 Å². The lowest BCUT2D eigenvalue weighted by Gasteiger charge is -2.02. The Balaban J connectivity index is 1.44. The van der Waals surface area contributed by atoms with Crippen molar-refractivity contribution in [2.24, 2.45) is 0 Å². The fourth-order valence-electron chi connectivity index (χ4n) is 2.54. The van der Waals surface area contributed by atoms with Crippen LogP contribution in [0.1, 0.15) is 46.2 Å². The van der Waals surface area contributed by atoms with Gasteiger partial charge in [0.15, 0.2) is 5.82 Å². The van der Waals surface area contributed by atoms with Crippen molar-refractivity contribution in [3.63, 3.8) is 0 Å². The third kappa shape index (κ3) is 4.14. The molecule has 1 aliphatic heterocycles. The van der Waals surface area contributed by atoms with Gasteiger partial charge in [0.05, 0.1) is 17.1 Å². The van der Waals surface area contributed by atoms with Crippen molar-refractivity contribution < 1.29 is 14.1 Å². The van der Waals surface area contributed by atoms with Gasteiger partial charge in [-0.3, -0.25) is 4.79 Å². The second kappa shape index (κ2) is 7.18.